The van der Waals surface area contributed by atoms with Gasteiger partial charge in [0.15, 0.2) is 0 Å². The highest BCUT2D eigenvalue weighted by molar-refractivity contribution is 9.10. The second-order valence-corrected chi connectivity index (χ2v) is 5.58. The smallest absolute Gasteiger partial charge is 0.120 e. The number of rotatable bonds is 3. The standard InChI is InChI=1S/C14H19BrO2/c1-17-11-7-8-12(13(15)9-11)14(16)10-5-3-2-4-6-10/h7-10,14,16H,2-6H2,1H3. The zero-order valence-corrected chi connectivity index (χ0v) is 11.7. The van der Waals surface area contributed by atoms with Crippen molar-refractivity contribution in [3.8, 4) is 5.75 Å². The van der Waals surface area contributed by atoms with Crippen LogP contribution in [-0.4, -0.2) is 12.2 Å². The Kier molecular flexibility index (Phi) is 4.46. The van der Waals surface area contributed by atoms with Gasteiger partial charge in [-0.05, 0) is 36.5 Å². The van der Waals surface area contributed by atoms with E-state index >= 15 is 0 Å². The number of hydrogen-bond donors (Lipinski definition) is 1. The largest absolute Gasteiger partial charge is 0.497 e. The summed E-state index contributed by atoms with van der Waals surface area (Å²) in [6, 6.07) is 5.79. The van der Waals surface area contributed by atoms with Gasteiger partial charge >= 0.3 is 0 Å². The molecule has 17 heavy (non-hydrogen) atoms. The van der Waals surface area contributed by atoms with Crippen LogP contribution in [0.2, 0.25) is 0 Å². The van der Waals surface area contributed by atoms with Crippen molar-refractivity contribution >= 4 is 15.9 Å². The minimum atomic E-state index is -0.351. The molecule has 1 aromatic rings. The van der Waals surface area contributed by atoms with Gasteiger partial charge in [0.1, 0.15) is 5.75 Å². The monoisotopic (exact) mass is 298 g/mol. The Morgan fingerprint density at radius 3 is 2.59 bits per heavy atom. The molecular formula is C14H19BrO2. The maximum atomic E-state index is 10.4. The fourth-order valence-electron chi connectivity index (χ4n) is 2.58. The molecule has 1 aliphatic rings. The van der Waals surface area contributed by atoms with Gasteiger partial charge in [-0.3, -0.25) is 0 Å². The van der Waals surface area contributed by atoms with E-state index in [9.17, 15) is 5.11 Å². The topological polar surface area (TPSA) is 29.5 Å². The number of aliphatic hydroxyl groups excluding tert-OH is 1. The van der Waals surface area contributed by atoms with Crippen molar-refractivity contribution in [3.63, 3.8) is 0 Å². The second-order valence-electron chi connectivity index (χ2n) is 4.73. The predicted molar refractivity (Wildman–Crippen MR) is 72.2 cm³/mol. The summed E-state index contributed by atoms with van der Waals surface area (Å²) < 4.78 is 6.10. The van der Waals surface area contributed by atoms with Gasteiger partial charge in [0, 0.05) is 4.47 Å². The summed E-state index contributed by atoms with van der Waals surface area (Å²) in [4.78, 5) is 0. The van der Waals surface area contributed by atoms with E-state index in [0.717, 1.165) is 28.6 Å². The zero-order chi connectivity index (χ0) is 12.3. The number of hydrogen-bond acceptors (Lipinski definition) is 2. The molecule has 0 spiro atoms. The number of halogens is 1. The van der Waals surface area contributed by atoms with Gasteiger partial charge in [0.2, 0.25) is 0 Å². The molecule has 0 aliphatic heterocycles. The van der Waals surface area contributed by atoms with Crippen molar-refractivity contribution in [3.05, 3.63) is 28.2 Å². The molecule has 0 radical (unpaired) electrons. The van der Waals surface area contributed by atoms with E-state index < -0.39 is 0 Å². The Labute approximate surface area is 111 Å². The van der Waals surface area contributed by atoms with Gasteiger partial charge in [-0.25, -0.2) is 0 Å². The summed E-state index contributed by atoms with van der Waals surface area (Å²) in [6.07, 6.45) is 5.73. The van der Waals surface area contributed by atoms with Gasteiger partial charge in [0.25, 0.3) is 0 Å². The van der Waals surface area contributed by atoms with Crippen LogP contribution in [0.1, 0.15) is 43.8 Å². The van der Waals surface area contributed by atoms with Crippen molar-refractivity contribution in [2.75, 3.05) is 7.11 Å². The van der Waals surface area contributed by atoms with Gasteiger partial charge in [0.05, 0.1) is 13.2 Å². The van der Waals surface area contributed by atoms with E-state index in [0.29, 0.717) is 5.92 Å². The summed E-state index contributed by atoms with van der Waals surface area (Å²) in [6.45, 7) is 0. The van der Waals surface area contributed by atoms with Crippen LogP contribution in [0.25, 0.3) is 0 Å². The average Bonchev–Trinajstić information content (AvgIpc) is 2.39. The first-order chi connectivity index (χ1) is 8.22. The first-order valence-electron chi connectivity index (χ1n) is 6.24. The van der Waals surface area contributed by atoms with Crippen LogP contribution in [-0.2, 0) is 0 Å². The predicted octanol–water partition coefficient (Wildman–Crippen LogP) is 4.07. The molecule has 0 amide bonds. The average molecular weight is 299 g/mol. The van der Waals surface area contributed by atoms with Crippen molar-refractivity contribution in [1.82, 2.24) is 0 Å². The van der Waals surface area contributed by atoms with Crippen LogP contribution in [0.5, 0.6) is 5.75 Å². The molecule has 0 saturated heterocycles. The number of benzene rings is 1. The summed E-state index contributed by atoms with van der Waals surface area (Å²) in [7, 11) is 1.65. The second kappa shape index (κ2) is 5.87. The maximum Gasteiger partial charge on any atom is 0.120 e. The Morgan fingerprint density at radius 2 is 2.00 bits per heavy atom. The molecule has 0 aromatic heterocycles. The highest BCUT2D eigenvalue weighted by Crippen LogP contribution is 2.37. The summed E-state index contributed by atoms with van der Waals surface area (Å²) in [5.74, 6) is 1.23. The lowest BCUT2D eigenvalue weighted by atomic mass is 9.83. The van der Waals surface area contributed by atoms with Gasteiger partial charge in [-0.1, -0.05) is 41.3 Å². The van der Waals surface area contributed by atoms with Crippen LogP contribution >= 0.6 is 15.9 Å². The highest BCUT2D eigenvalue weighted by Gasteiger charge is 2.24. The lowest BCUT2D eigenvalue weighted by molar-refractivity contribution is 0.0842. The van der Waals surface area contributed by atoms with E-state index in [2.05, 4.69) is 15.9 Å². The molecule has 3 heteroatoms. The summed E-state index contributed by atoms with van der Waals surface area (Å²) >= 11 is 3.52. The quantitative estimate of drug-likeness (QED) is 0.911. The minimum Gasteiger partial charge on any atom is -0.497 e. The first-order valence-corrected chi connectivity index (χ1v) is 7.03. The Bertz CT molecular complexity index is 372. The fraction of sp³-hybridized carbons (Fsp3) is 0.571. The van der Waals surface area contributed by atoms with Crippen molar-refractivity contribution in [1.29, 1.82) is 0 Å². The summed E-state index contributed by atoms with van der Waals surface area (Å²) in [5.41, 5.74) is 0.984. The molecule has 2 rings (SSSR count). The third-order valence-electron chi connectivity index (χ3n) is 3.62. The Balaban J connectivity index is 2.15. The maximum absolute atomic E-state index is 10.4. The van der Waals surface area contributed by atoms with E-state index in [1.807, 2.05) is 18.2 Å². The van der Waals surface area contributed by atoms with Crippen LogP contribution in [0.4, 0.5) is 0 Å². The van der Waals surface area contributed by atoms with E-state index in [4.69, 9.17) is 4.74 Å². The molecule has 2 nitrogen and oxygen atoms in total. The van der Waals surface area contributed by atoms with E-state index in [1.54, 1.807) is 7.11 Å². The highest BCUT2D eigenvalue weighted by atomic mass is 79.9. The zero-order valence-electron chi connectivity index (χ0n) is 10.2. The molecule has 0 bridgehead atoms. The van der Waals surface area contributed by atoms with Crippen LogP contribution in [0.3, 0.4) is 0 Å². The lowest BCUT2D eigenvalue weighted by Crippen LogP contribution is -2.16. The van der Waals surface area contributed by atoms with Crippen LogP contribution in [0.15, 0.2) is 22.7 Å². The summed E-state index contributed by atoms with van der Waals surface area (Å²) in [5, 5.41) is 10.4. The molecule has 1 aliphatic carbocycles. The van der Waals surface area contributed by atoms with Crippen molar-refractivity contribution in [2.45, 2.75) is 38.2 Å². The van der Waals surface area contributed by atoms with Crippen LogP contribution < -0.4 is 4.74 Å². The lowest BCUT2D eigenvalue weighted by Gasteiger charge is -2.27. The minimum absolute atomic E-state index is 0.351. The SMILES string of the molecule is COc1ccc(C(O)C2CCCCC2)c(Br)c1. The third kappa shape index (κ3) is 3.02. The third-order valence-corrected chi connectivity index (χ3v) is 4.31. The molecule has 1 aromatic carbocycles. The number of ether oxygens (including phenoxy) is 1. The van der Waals surface area contributed by atoms with Crippen molar-refractivity contribution < 1.29 is 9.84 Å². The number of methoxy groups -OCH3 is 1. The van der Waals surface area contributed by atoms with Crippen molar-refractivity contribution in [2.24, 2.45) is 5.92 Å². The molecule has 1 atom stereocenters. The molecule has 0 heterocycles. The molecule has 1 N–H and O–H groups in total. The molecule has 1 unspecified atom stereocenters. The Morgan fingerprint density at radius 1 is 1.29 bits per heavy atom. The molecular weight excluding hydrogens is 280 g/mol. The Hall–Kier alpha value is -0.540. The normalized spacial score (nSPS) is 19.0. The van der Waals surface area contributed by atoms with E-state index in [-0.39, 0.29) is 6.10 Å². The van der Waals surface area contributed by atoms with E-state index in [1.165, 1.54) is 19.3 Å². The van der Waals surface area contributed by atoms with Crippen LogP contribution in [0, 0.1) is 5.92 Å². The fourth-order valence-corrected chi connectivity index (χ4v) is 3.17. The first kappa shape index (κ1) is 12.9. The van der Waals surface area contributed by atoms with Gasteiger partial charge in [-0.2, -0.15) is 0 Å². The molecule has 1 fully saturated rings. The van der Waals surface area contributed by atoms with Gasteiger partial charge < -0.3 is 9.84 Å². The number of aliphatic hydroxyl groups is 1. The molecule has 1 saturated carbocycles. The molecule has 94 valence electrons. The van der Waals surface area contributed by atoms with Gasteiger partial charge in [-0.15, -0.1) is 0 Å².